The highest BCUT2D eigenvalue weighted by Crippen LogP contribution is 2.30. The summed E-state index contributed by atoms with van der Waals surface area (Å²) >= 11 is 0. The van der Waals surface area contributed by atoms with Gasteiger partial charge in [0, 0.05) is 24.3 Å². The molecule has 2 aromatic carbocycles. The van der Waals surface area contributed by atoms with Crippen molar-refractivity contribution < 1.29 is 14.3 Å². The number of methoxy groups -OCH3 is 1. The molecule has 1 fully saturated rings. The van der Waals surface area contributed by atoms with Crippen LogP contribution in [0.1, 0.15) is 15.9 Å². The molecule has 25 heavy (non-hydrogen) atoms. The van der Waals surface area contributed by atoms with E-state index in [1.807, 2.05) is 19.1 Å². The number of rotatable bonds is 4. The van der Waals surface area contributed by atoms with Crippen LogP contribution in [-0.4, -0.2) is 39.3 Å². The largest absolute Gasteiger partial charge is 0.497 e. The van der Waals surface area contributed by atoms with E-state index in [0.29, 0.717) is 35.9 Å². The van der Waals surface area contributed by atoms with E-state index in [9.17, 15) is 4.79 Å². The molecule has 0 saturated carbocycles. The summed E-state index contributed by atoms with van der Waals surface area (Å²) in [5.41, 5.74) is 9.99. The second-order valence-electron chi connectivity index (χ2n) is 6.01. The van der Waals surface area contributed by atoms with E-state index in [4.69, 9.17) is 15.2 Å². The minimum atomic E-state index is -0.203. The van der Waals surface area contributed by atoms with Gasteiger partial charge in [0.1, 0.15) is 5.75 Å². The zero-order valence-corrected chi connectivity index (χ0v) is 14.5. The number of amides is 1. The summed E-state index contributed by atoms with van der Waals surface area (Å²) in [5, 5.41) is 2.91. The summed E-state index contributed by atoms with van der Waals surface area (Å²) in [7, 11) is 1.59. The Morgan fingerprint density at radius 3 is 2.52 bits per heavy atom. The van der Waals surface area contributed by atoms with Crippen LogP contribution >= 0.6 is 0 Å². The van der Waals surface area contributed by atoms with Crippen molar-refractivity contribution >= 4 is 23.0 Å². The third kappa shape index (κ3) is 3.85. The third-order valence-electron chi connectivity index (χ3n) is 4.32. The molecule has 0 bridgehead atoms. The van der Waals surface area contributed by atoms with Gasteiger partial charge in [0.25, 0.3) is 5.91 Å². The zero-order valence-electron chi connectivity index (χ0n) is 14.5. The number of aryl methyl sites for hydroxylation is 1. The fourth-order valence-electron chi connectivity index (χ4n) is 2.91. The van der Waals surface area contributed by atoms with E-state index >= 15 is 0 Å². The molecule has 6 heteroatoms. The summed E-state index contributed by atoms with van der Waals surface area (Å²) in [6.45, 7) is 5.10. The molecule has 1 aliphatic rings. The maximum atomic E-state index is 12.5. The summed E-state index contributed by atoms with van der Waals surface area (Å²) in [5.74, 6) is 0.507. The number of morpholine rings is 1. The Hall–Kier alpha value is -2.73. The van der Waals surface area contributed by atoms with Gasteiger partial charge in [0.05, 0.1) is 31.7 Å². The number of nitrogen functional groups attached to an aromatic ring is 1. The van der Waals surface area contributed by atoms with Crippen molar-refractivity contribution in [2.75, 3.05) is 49.4 Å². The topological polar surface area (TPSA) is 76.8 Å². The van der Waals surface area contributed by atoms with Crippen molar-refractivity contribution in [2.24, 2.45) is 0 Å². The Labute approximate surface area is 147 Å². The Morgan fingerprint density at radius 1 is 1.20 bits per heavy atom. The molecular formula is C19H23N3O3. The lowest BCUT2D eigenvalue weighted by molar-refractivity contribution is 0.102. The second-order valence-corrected chi connectivity index (χ2v) is 6.01. The number of ether oxygens (including phenoxy) is 2. The number of carbonyl (C=O) groups is 1. The summed E-state index contributed by atoms with van der Waals surface area (Å²) in [6, 6.07) is 10.8. The lowest BCUT2D eigenvalue weighted by Crippen LogP contribution is -2.36. The highest BCUT2D eigenvalue weighted by Gasteiger charge is 2.16. The molecule has 3 rings (SSSR count). The van der Waals surface area contributed by atoms with Gasteiger partial charge in [-0.15, -0.1) is 0 Å². The number of nitrogens with two attached hydrogens (primary N) is 1. The van der Waals surface area contributed by atoms with E-state index in [2.05, 4.69) is 10.2 Å². The molecule has 0 unspecified atom stereocenters. The third-order valence-corrected chi connectivity index (χ3v) is 4.32. The van der Waals surface area contributed by atoms with Crippen LogP contribution in [0.25, 0.3) is 0 Å². The Kier molecular flexibility index (Phi) is 5.09. The molecule has 0 atom stereocenters. The minimum absolute atomic E-state index is 0.203. The fraction of sp³-hybridized carbons (Fsp3) is 0.316. The molecule has 0 aromatic heterocycles. The monoisotopic (exact) mass is 341 g/mol. The number of nitrogens with zero attached hydrogens (tertiary/aromatic N) is 1. The first-order valence-electron chi connectivity index (χ1n) is 8.26. The summed E-state index contributed by atoms with van der Waals surface area (Å²) in [4.78, 5) is 14.7. The molecule has 1 heterocycles. The van der Waals surface area contributed by atoms with Crippen LogP contribution < -0.4 is 20.7 Å². The lowest BCUT2D eigenvalue weighted by Gasteiger charge is -2.30. The smallest absolute Gasteiger partial charge is 0.255 e. The number of anilines is 3. The average molecular weight is 341 g/mol. The molecule has 1 amide bonds. The first-order chi connectivity index (χ1) is 12.1. The molecule has 0 radical (unpaired) electrons. The molecule has 0 aliphatic carbocycles. The van der Waals surface area contributed by atoms with E-state index < -0.39 is 0 Å². The number of nitrogens with one attached hydrogen (secondary N) is 1. The van der Waals surface area contributed by atoms with E-state index in [1.165, 1.54) is 0 Å². The number of hydrogen-bond donors (Lipinski definition) is 2. The van der Waals surface area contributed by atoms with Crippen molar-refractivity contribution in [3.63, 3.8) is 0 Å². The molecule has 2 aromatic rings. The van der Waals surface area contributed by atoms with Gasteiger partial charge >= 0.3 is 0 Å². The van der Waals surface area contributed by atoms with Crippen molar-refractivity contribution in [3.05, 3.63) is 47.5 Å². The van der Waals surface area contributed by atoms with Gasteiger partial charge < -0.3 is 25.4 Å². The number of benzene rings is 2. The normalized spacial score (nSPS) is 14.2. The predicted molar refractivity (Wildman–Crippen MR) is 99.6 cm³/mol. The van der Waals surface area contributed by atoms with Crippen LogP contribution in [0.3, 0.4) is 0 Å². The van der Waals surface area contributed by atoms with Crippen LogP contribution in [0.4, 0.5) is 17.1 Å². The Morgan fingerprint density at radius 2 is 1.88 bits per heavy atom. The molecule has 0 spiro atoms. The number of hydrogen-bond acceptors (Lipinski definition) is 5. The van der Waals surface area contributed by atoms with Crippen LogP contribution in [0.2, 0.25) is 0 Å². The van der Waals surface area contributed by atoms with Gasteiger partial charge in [-0.3, -0.25) is 4.79 Å². The highest BCUT2D eigenvalue weighted by molar-refractivity contribution is 6.06. The maximum Gasteiger partial charge on any atom is 0.255 e. The molecule has 1 saturated heterocycles. The van der Waals surface area contributed by atoms with E-state index in [0.717, 1.165) is 24.3 Å². The highest BCUT2D eigenvalue weighted by atomic mass is 16.5. The van der Waals surface area contributed by atoms with Crippen LogP contribution in [-0.2, 0) is 4.74 Å². The second kappa shape index (κ2) is 7.44. The van der Waals surface area contributed by atoms with Crippen molar-refractivity contribution in [1.82, 2.24) is 0 Å². The van der Waals surface area contributed by atoms with Gasteiger partial charge in [0.2, 0.25) is 0 Å². The zero-order chi connectivity index (χ0) is 17.8. The summed E-state index contributed by atoms with van der Waals surface area (Å²) in [6.07, 6.45) is 0. The van der Waals surface area contributed by atoms with Crippen molar-refractivity contribution in [2.45, 2.75) is 6.92 Å². The van der Waals surface area contributed by atoms with Gasteiger partial charge in [-0.1, -0.05) is 0 Å². The maximum absolute atomic E-state index is 12.5. The number of carbonyl (C=O) groups excluding carboxylic acids is 1. The molecule has 132 valence electrons. The summed E-state index contributed by atoms with van der Waals surface area (Å²) < 4.78 is 10.5. The fourth-order valence-corrected chi connectivity index (χ4v) is 2.91. The van der Waals surface area contributed by atoms with Gasteiger partial charge in [0.15, 0.2) is 0 Å². The first kappa shape index (κ1) is 17.1. The molecule has 1 aliphatic heterocycles. The predicted octanol–water partition coefficient (Wildman–Crippen LogP) is 2.67. The van der Waals surface area contributed by atoms with Gasteiger partial charge in [-0.05, 0) is 48.9 Å². The van der Waals surface area contributed by atoms with Crippen LogP contribution in [0, 0.1) is 6.92 Å². The minimum Gasteiger partial charge on any atom is -0.497 e. The van der Waals surface area contributed by atoms with Crippen molar-refractivity contribution in [3.8, 4) is 5.75 Å². The lowest BCUT2D eigenvalue weighted by atomic mass is 10.1. The van der Waals surface area contributed by atoms with E-state index in [-0.39, 0.29) is 5.91 Å². The van der Waals surface area contributed by atoms with Gasteiger partial charge in [-0.2, -0.15) is 0 Å². The van der Waals surface area contributed by atoms with Crippen LogP contribution in [0.15, 0.2) is 36.4 Å². The Balaban J connectivity index is 1.82. The average Bonchev–Trinajstić information content (AvgIpc) is 2.64. The quantitative estimate of drug-likeness (QED) is 0.836. The Bertz CT molecular complexity index is 753. The van der Waals surface area contributed by atoms with Gasteiger partial charge in [-0.25, -0.2) is 0 Å². The molecule has 6 nitrogen and oxygen atoms in total. The van der Waals surface area contributed by atoms with Crippen molar-refractivity contribution in [1.29, 1.82) is 0 Å². The molecule has 3 N–H and O–H groups in total. The standard InChI is InChI=1S/C19H23N3O3/c1-13-11-16(20)17(12-18(13)22-7-9-25-10-8-22)21-19(23)14-3-5-15(24-2)6-4-14/h3-6,11-12H,7-10,20H2,1-2H3,(H,21,23). The SMILES string of the molecule is COc1ccc(C(=O)Nc2cc(N3CCOCC3)c(C)cc2N)cc1. The first-order valence-corrected chi connectivity index (χ1v) is 8.26. The molecular weight excluding hydrogens is 318 g/mol. The van der Waals surface area contributed by atoms with E-state index in [1.54, 1.807) is 31.4 Å². The van der Waals surface area contributed by atoms with Crippen LogP contribution in [0.5, 0.6) is 5.75 Å².